The molecule has 0 aliphatic rings. The van der Waals surface area contributed by atoms with Crippen LogP contribution >= 0.6 is 15.9 Å². The van der Waals surface area contributed by atoms with E-state index in [4.69, 9.17) is 5.26 Å². The molecule has 5 heteroatoms. The van der Waals surface area contributed by atoms with Crippen LogP contribution < -0.4 is 0 Å². The van der Waals surface area contributed by atoms with Gasteiger partial charge in [-0.05, 0) is 15.9 Å². The average molecular weight is 223 g/mol. The molecule has 0 saturated carbocycles. The zero-order chi connectivity index (χ0) is 8.55. The van der Waals surface area contributed by atoms with Gasteiger partial charge in [0.25, 0.3) is 0 Å². The summed E-state index contributed by atoms with van der Waals surface area (Å²) in [6, 6.07) is 3.77. The molecule has 0 aliphatic heterocycles. The Morgan fingerprint density at radius 2 is 2.42 bits per heavy atom. The van der Waals surface area contributed by atoms with Gasteiger partial charge in [-0.1, -0.05) is 0 Å². The van der Waals surface area contributed by atoms with Gasteiger partial charge in [0.2, 0.25) is 0 Å². The van der Waals surface area contributed by atoms with Gasteiger partial charge < -0.3 is 0 Å². The van der Waals surface area contributed by atoms with Gasteiger partial charge in [-0.2, -0.15) is 10.4 Å². The molecule has 0 aromatic carbocycles. The second kappa shape index (κ2) is 2.57. The maximum Gasteiger partial charge on any atom is 0.156 e. The third-order valence-corrected chi connectivity index (χ3v) is 1.80. The first kappa shape index (κ1) is 7.25. The van der Waals surface area contributed by atoms with Crippen LogP contribution in [-0.2, 0) is 0 Å². The summed E-state index contributed by atoms with van der Waals surface area (Å²) >= 11 is 3.22. The Hall–Kier alpha value is -1.41. The van der Waals surface area contributed by atoms with Crippen LogP contribution in [0.2, 0.25) is 0 Å². The minimum Gasteiger partial charge on any atom is -0.236 e. The maximum atomic E-state index is 8.56. The first-order valence-electron chi connectivity index (χ1n) is 3.20. The Kier molecular flexibility index (Phi) is 1.55. The van der Waals surface area contributed by atoms with E-state index in [9.17, 15) is 0 Å². The zero-order valence-electron chi connectivity index (χ0n) is 5.90. The Labute approximate surface area is 76.6 Å². The van der Waals surface area contributed by atoms with E-state index in [-0.39, 0.29) is 0 Å². The Bertz CT molecular complexity index is 468. The third-order valence-electron chi connectivity index (χ3n) is 1.41. The van der Waals surface area contributed by atoms with E-state index in [2.05, 4.69) is 26.0 Å². The molecular formula is C7H3BrN4. The van der Waals surface area contributed by atoms with Gasteiger partial charge in [0.05, 0.1) is 11.8 Å². The minimum absolute atomic E-state index is 0.498. The fraction of sp³-hybridized carbons (Fsp3) is 0. The SMILES string of the molecule is N#Cc1cnc2cc(Br)nn2c1. The summed E-state index contributed by atoms with van der Waals surface area (Å²) in [7, 11) is 0. The van der Waals surface area contributed by atoms with Crippen LogP contribution in [0.1, 0.15) is 5.56 Å². The first-order chi connectivity index (χ1) is 5.79. The van der Waals surface area contributed by atoms with Gasteiger partial charge in [0, 0.05) is 12.3 Å². The molecule has 0 aliphatic carbocycles. The largest absolute Gasteiger partial charge is 0.236 e. The molecule has 4 nitrogen and oxygen atoms in total. The number of hydrogen-bond acceptors (Lipinski definition) is 3. The molecule has 0 saturated heterocycles. The number of hydrogen-bond donors (Lipinski definition) is 0. The van der Waals surface area contributed by atoms with Crippen molar-refractivity contribution >= 4 is 21.6 Å². The van der Waals surface area contributed by atoms with Crippen molar-refractivity contribution in [1.82, 2.24) is 14.6 Å². The Morgan fingerprint density at radius 3 is 3.17 bits per heavy atom. The molecule has 2 rings (SSSR count). The van der Waals surface area contributed by atoms with E-state index >= 15 is 0 Å². The van der Waals surface area contributed by atoms with Crippen molar-refractivity contribution < 1.29 is 0 Å². The number of nitrogens with zero attached hydrogens (tertiary/aromatic N) is 4. The van der Waals surface area contributed by atoms with Gasteiger partial charge in [0.15, 0.2) is 5.65 Å². The molecule has 2 aromatic rings. The molecule has 0 fully saturated rings. The Morgan fingerprint density at radius 1 is 1.58 bits per heavy atom. The van der Waals surface area contributed by atoms with E-state index < -0.39 is 0 Å². The monoisotopic (exact) mass is 222 g/mol. The first-order valence-corrected chi connectivity index (χ1v) is 4.00. The van der Waals surface area contributed by atoms with Crippen LogP contribution in [0.25, 0.3) is 5.65 Å². The van der Waals surface area contributed by atoms with Crippen molar-refractivity contribution in [3.63, 3.8) is 0 Å². The Balaban J connectivity index is 2.77. The second-order valence-corrected chi connectivity index (χ2v) is 3.04. The smallest absolute Gasteiger partial charge is 0.156 e. The van der Waals surface area contributed by atoms with Gasteiger partial charge >= 0.3 is 0 Å². The van der Waals surface area contributed by atoms with Crippen LogP contribution in [0.15, 0.2) is 23.1 Å². The van der Waals surface area contributed by atoms with Crippen molar-refractivity contribution in [2.75, 3.05) is 0 Å². The highest BCUT2D eigenvalue weighted by atomic mass is 79.9. The summed E-state index contributed by atoms with van der Waals surface area (Å²) in [4.78, 5) is 4.02. The van der Waals surface area contributed by atoms with Crippen LogP contribution in [0.4, 0.5) is 0 Å². The molecule has 0 radical (unpaired) electrons. The number of rotatable bonds is 0. The zero-order valence-corrected chi connectivity index (χ0v) is 7.48. The highest BCUT2D eigenvalue weighted by molar-refractivity contribution is 9.10. The van der Waals surface area contributed by atoms with Gasteiger partial charge in [-0.25, -0.2) is 9.50 Å². The van der Waals surface area contributed by atoms with Crippen molar-refractivity contribution in [2.24, 2.45) is 0 Å². The molecule has 0 spiro atoms. The summed E-state index contributed by atoms with van der Waals surface area (Å²) in [5, 5.41) is 12.6. The van der Waals surface area contributed by atoms with Crippen LogP contribution in [0.3, 0.4) is 0 Å². The van der Waals surface area contributed by atoms with Crippen molar-refractivity contribution in [3.05, 3.63) is 28.6 Å². The van der Waals surface area contributed by atoms with Crippen LogP contribution in [-0.4, -0.2) is 14.6 Å². The molecule has 12 heavy (non-hydrogen) atoms. The normalized spacial score (nSPS) is 10.0. The van der Waals surface area contributed by atoms with Crippen LogP contribution in [0.5, 0.6) is 0 Å². The number of aromatic nitrogens is 3. The van der Waals surface area contributed by atoms with Crippen molar-refractivity contribution in [2.45, 2.75) is 0 Å². The summed E-state index contributed by atoms with van der Waals surface area (Å²) in [5.74, 6) is 0. The van der Waals surface area contributed by atoms with Gasteiger partial charge in [-0.15, -0.1) is 0 Å². The van der Waals surface area contributed by atoms with E-state index in [1.165, 1.54) is 6.20 Å². The molecule has 0 N–H and O–H groups in total. The van der Waals surface area contributed by atoms with E-state index in [1.807, 2.05) is 6.07 Å². The summed E-state index contributed by atoms with van der Waals surface area (Å²) in [6.45, 7) is 0. The predicted octanol–water partition coefficient (Wildman–Crippen LogP) is 1.36. The highest BCUT2D eigenvalue weighted by Crippen LogP contribution is 2.09. The van der Waals surface area contributed by atoms with Crippen molar-refractivity contribution in [1.29, 1.82) is 5.26 Å². The summed E-state index contributed by atoms with van der Waals surface area (Å²) in [5.41, 5.74) is 1.22. The van der Waals surface area contributed by atoms with E-state index in [0.29, 0.717) is 10.2 Å². The molecule has 2 heterocycles. The summed E-state index contributed by atoms with van der Waals surface area (Å²) < 4.78 is 2.27. The lowest BCUT2D eigenvalue weighted by molar-refractivity contribution is 0.923. The standard InChI is InChI=1S/C7H3BrN4/c8-6-1-7-10-3-5(2-9)4-12(7)11-6/h1,3-4H. The topological polar surface area (TPSA) is 54.0 Å². The third kappa shape index (κ3) is 1.06. The highest BCUT2D eigenvalue weighted by Gasteiger charge is 1.99. The van der Waals surface area contributed by atoms with Crippen molar-refractivity contribution in [3.8, 4) is 6.07 Å². The lowest BCUT2D eigenvalue weighted by Crippen LogP contribution is -1.90. The molecular weight excluding hydrogens is 220 g/mol. The predicted molar refractivity (Wildman–Crippen MR) is 45.4 cm³/mol. The number of halogens is 1. The molecule has 0 unspecified atom stereocenters. The fourth-order valence-corrected chi connectivity index (χ4v) is 1.28. The molecule has 0 bridgehead atoms. The molecule has 0 amide bonds. The number of nitriles is 1. The van der Waals surface area contributed by atoms with E-state index in [1.54, 1.807) is 16.8 Å². The summed E-state index contributed by atoms with van der Waals surface area (Å²) in [6.07, 6.45) is 3.15. The lowest BCUT2D eigenvalue weighted by Gasteiger charge is -1.90. The average Bonchev–Trinajstić information content (AvgIpc) is 2.43. The van der Waals surface area contributed by atoms with E-state index in [0.717, 1.165) is 5.65 Å². The number of fused-ring (bicyclic) bond motifs is 1. The second-order valence-electron chi connectivity index (χ2n) is 2.22. The van der Waals surface area contributed by atoms with Crippen LogP contribution in [0, 0.1) is 11.3 Å². The molecule has 0 atom stereocenters. The minimum atomic E-state index is 0.498. The molecule has 2 aromatic heterocycles. The molecule has 58 valence electrons. The van der Waals surface area contributed by atoms with Gasteiger partial charge in [-0.3, -0.25) is 0 Å². The van der Waals surface area contributed by atoms with Gasteiger partial charge in [0.1, 0.15) is 10.7 Å². The lowest BCUT2D eigenvalue weighted by atomic mass is 10.4. The fourth-order valence-electron chi connectivity index (χ4n) is 0.906. The maximum absolute atomic E-state index is 8.56. The quantitative estimate of drug-likeness (QED) is 0.677.